The zero-order valence-electron chi connectivity index (χ0n) is 10.4. The third-order valence-electron chi connectivity index (χ3n) is 4.09. The average molecular weight is 230 g/mol. The molecule has 2 N–H and O–H groups in total. The van der Waals surface area contributed by atoms with Gasteiger partial charge in [-0.2, -0.15) is 0 Å². The minimum Gasteiger partial charge on any atom is -0.452 e. The molecule has 1 atom stereocenters. The first-order valence-electron chi connectivity index (χ1n) is 6.12. The molecule has 0 radical (unpaired) electrons. The molecule has 17 heavy (non-hydrogen) atoms. The lowest BCUT2D eigenvalue weighted by Crippen LogP contribution is -2.41. The minimum atomic E-state index is -0.295. The Hall–Kier alpha value is -1.51. The van der Waals surface area contributed by atoms with E-state index in [4.69, 9.17) is 10.5 Å². The number of rotatable bonds is 0. The second kappa shape index (κ2) is 3.25. The van der Waals surface area contributed by atoms with Crippen LogP contribution in [0.25, 0.3) is 0 Å². The molecule has 1 aromatic rings. The second-order valence-corrected chi connectivity index (χ2v) is 5.68. The first-order chi connectivity index (χ1) is 8.04. The van der Waals surface area contributed by atoms with Gasteiger partial charge in [-0.1, -0.05) is 38.1 Å². The summed E-state index contributed by atoms with van der Waals surface area (Å²) in [6.07, 6.45) is 2.09. The molecule has 90 valence electrons. The Bertz CT molecular complexity index is 493. The molecule has 1 aliphatic carbocycles. The van der Waals surface area contributed by atoms with E-state index in [2.05, 4.69) is 43.1 Å². The number of fused-ring (bicyclic) bond motifs is 2. The molecular formula is C14H18N2O. The molecule has 1 spiro atoms. The Kier molecular flexibility index (Phi) is 2.03. The van der Waals surface area contributed by atoms with Crippen molar-refractivity contribution in [2.75, 3.05) is 6.54 Å². The maximum Gasteiger partial charge on any atom is 0.283 e. The highest BCUT2D eigenvalue weighted by Crippen LogP contribution is 2.47. The monoisotopic (exact) mass is 230 g/mol. The van der Waals surface area contributed by atoms with E-state index in [-0.39, 0.29) is 11.0 Å². The second-order valence-electron chi connectivity index (χ2n) is 5.68. The Balaban J connectivity index is 2.13. The highest BCUT2D eigenvalue weighted by Gasteiger charge is 2.47. The fourth-order valence-electron chi connectivity index (χ4n) is 2.99. The van der Waals surface area contributed by atoms with Crippen LogP contribution in [0.15, 0.2) is 29.3 Å². The fourth-order valence-corrected chi connectivity index (χ4v) is 2.99. The van der Waals surface area contributed by atoms with Gasteiger partial charge in [0.15, 0.2) is 5.60 Å². The SMILES string of the molecule is CC1(C)CCC2(CN=C(N)O2)c2ccccc21. The van der Waals surface area contributed by atoms with Gasteiger partial charge in [-0.15, -0.1) is 0 Å². The quantitative estimate of drug-likeness (QED) is 0.743. The van der Waals surface area contributed by atoms with Gasteiger partial charge < -0.3 is 10.5 Å². The first-order valence-corrected chi connectivity index (χ1v) is 6.12. The third kappa shape index (κ3) is 1.45. The van der Waals surface area contributed by atoms with Gasteiger partial charge >= 0.3 is 0 Å². The normalized spacial score (nSPS) is 29.6. The Morgan fingerprint density at radius 1 is 1.18 bits per heavy atom. The Labute approximate surface area is 102 Å². The van der Waals surface area contributed by atoms with Crippen molar-refractivity contribution in [1.82, 2.24) is 0 Å². The number of nitrogens with zero attached hydrogens (tertiary/aromatic N) is 1. The highest BCUT2D eigenvalue weighted by molar-refractivity contribution is 5.74. The number of ether oxygens (including phenoxy) is 1. The Morgan fingerprint density at radius 2 is 1.88 bits per heavy atom. The minimum absolute atomic E-state index is 0.211. The van der Waals surface area contributed by atoms with Crippen LogP contribution in [-0.4, -0.2) is 12.6 Å². The number of benzene rings is 1. The molecule has 1 aliphatic heterocycles. The number of hydrogen-bond donors (Lipinski definition) is 1. The van der Waals surface area contributed by atoms with Crippen molar-refractivity contribution in [2.45, 2.75) is 37.7 Å². The molecule has 1 unspecified atom stereocenters. The van der Waals surface area contributed by atoms with E-state index in [0.29, 0.717) is 12.6 Å². The topological polar surface area (TPSA) is 47.6 Å². The molecule has 0 saturated heterocycles. The molecule has 1 heterocycles. The van der Waals surface area contributed by atoms with Crippen molar-refractivity contribution in [3.8, 4) is 0 Å². The molecule has 3 nitrogen and oxygen atoms in total. The molecule has 3 rings (SSSR count). The van der Waals surface area contributed by atoms with Crippen molar-refractivity contribution in [2.24, 2.45) is 10.7 Å². The van der Waals surface area contributed by atoms with E-state index in [1.54, 1.807) is 0 Å². The summed E-state index contributed by atoms with van der Waals surface area (Å²) in [6.45, 7) is 5.24. The van der Waals surface area contributed by atoms with Gasteiger partial charge in [-0.25, -0.2) is 4.99 Å². The molecule has 0 aromatic heterocycles. The molecule has 1 aromatic carbocycles. The lowest BCUT2D eigenvalue weighted by Gasteiger charge is -2.42. The van der Waals surface area contributed by atoms with Crippen LogP contribution in [-0.2, 0) is 15.8 Å². The van der Waals surface area contributed by atoms with E-state index >= 15 is 0 Å². The van der Waals surface area contributed by atoms with E-state index < -0.39 is 0 Å². The number of nitrogens with two attached hydrogens (primary N) is 1. The molecular weight excluding hydrogens is 212 g/mol. The van der Waals surface area contributed by atoms with Crippen LogP contribution in [0.4, 0.5) is 0 Å². The van der Waals surface area contributed by atoms with Gasteiger partial charge in [0.2, 0.25) is 0 Å². The summed E-state index contributed by atoms with van der Waals surface area (Å²) in [4.78, 5) is 4.23. The fraction of sp³-hybridized carbons (Fsp3) is 0.500. The predicted octanol–water partition coefficient (Wildman–Crippen LogP) is 2.30. The van der Waals surface area contributed by atoms with E-state index in [0.717, 1.165) is 12.8 Å². The number of amidine groups is 1. The zero-order valence-corrected chi connectivity index (χ0v) is 10.4. The van der Waals surface area contributed by atoms with Crippen molar-refractivity contribution in [3.05, 3.63) is 35.4 Å². The van der Waals surface area contributed by atoms with Crippen LogP contribution in [0.5, 0.6) is 0 Å². The standard InChI is InChI=1S/C14H18N2O/c1-13(2)7-8-14(9-16-12(15)17-14)11-6-4-3-5-10(11)13/h3-6H,7-9H2,1-2H3,(H2,15,16). The largest absolute Gasteiger partial charge is 0.452 e. The van der Waals surface area contributed by atoms with Crippen LogP contribution in [0.2, 0.25) is 0 Å². The van der Waals surface area contributed by atoms with Gasteiger partial charge in [0.05, 0.1) is 6.54 Å². The zero-order chi connectivity index (χ0) is 12.1. The van der Waals surface area contributed by atoms with E-state index in [9.17, 15) is 0 Å². The first kappa shape index (κ1) is 10.6. The third-order valence-corrected chi connectivity index (χ3v) is 4.09. The summed E-state index contributed by atoms with van der Waals surface area (Å²) in [5.74, 6) is 0. The Morgan fingerprint density at radius 3 is 2.53 bits per heavy atom. The van der Waals surface area contributed by atoms with Crippen LogP contribution in [0.1, 0.15) is 37.8 Å². The van der Waals surface area contributed by atoms with E-state index in [1.807, 2.05) is 0 Å². The van der Waals surface area contributed by atoms with Crippen molar-refractivity contribution < 1.29 is 4.74 Å². The smallest absolute Gasteiger partial charge is 0.283 e. The predicted molar refractivity (Wildman–Crippen MR) is 68.0 cm³/mol. The van der Waals surface area contributed by atoms with Crippen LogP contribution in [0, 0.1) is 0 Å². The van der Waals surface area contributed by atoms with Gasteiger partial charge in [0.1, 0.15) is 0 Å². The number of aliphatic imine (C=N–C) groups is 1. The summed E-state index contributed by atoms with van der Waals surface area (Å²) in [7, 11) is 0. The van der Waals surface area contributed by atoms with Crippen molar-refractivity contribution in [3.63, 3.8) is 0 Å². The molecule has 0 saturated carbocycles. The molecule has 0 fully saturated rings. The van der Waals surface area contributed by atoms with E-state index in [1.165, 1.54) is 11.1 Å². The number of hydrogen-bond acceptors (Lipinski definition) is 3. The van der Waals surface area contributed by atoms with Gasteiger partial charge in [-0.3, -0.25) is 0 Å². The summed E-state index contributed by atoms with van der Waals surface area (Å²) < 4.78 is 5.84. The summed E-state index contributed by atoms with van der Waals surface area (Å²) >= 11 is 0. The van der Waals surface area contributed by atoms with Crippen LogP contribution < -0.4 is 5.73 Å². The lowest BCUT2D eigenvalue weighted by atomic mass is 9.67. The highest BCUT2D eigenvalue weighted by atomic mass is 16.5. The average Bonchev–Trinajstić information content (AvgIpc) is 2.69. The summed E-state index contributed by atoms with van der Waals surface area (Å²) in [6, 6.07) is 8.86. The van der Waals surface area contributed by atoms with Gasteiger partial charge in [0, 0.05) is 5.56 Å². The van der Waals surface area contributed by atoms with Gasteiger partial charge in [-0.05, 0) is 23.8 Å². The summed E-state index contributed by atoms with van der Waals surface area (Å²) in [5, 5.41) is 0. The van der Waals surface area contributed by atoms with Crippen molar-refractivity contribution in [1.29, 1.82) is 0 Å². The van der Waals surface area contributed by atoms with Crippen LogP contribution in [0.3, 0.4) is 0 Å². The molecule has 0 bridgehead atoms. The van der Waals surface area contributed by atoms with Crippen LogP contribution >= 0.6 is 0 Å². The molecule has 0 amide bonds. The van der Waals surface area contributed by atoms with Gasteiger partial charge in [0.25, 0.3) is 6.02 Å². The van der Waals surface area contributed by atoms with Crippen molar-refractivity contribution >= 4 is 6.02 Å². The maximum atomic E-state index is 5.84. The lowest BCUT2D eigenvalue weighted by molar-refractivity contribution is 0.0516. The molecule has 3 heteroatoms. The maximum absolute atomic E-state index is 5.84. The summed E-state index contributed by atoms with van der Waals surface area (Å²) in [5.41, 5.74) is 8.24. The molecule has 2 aliphatic rings.